The molecule has 0 radical (unpaired) electrons. The van der Waals surface area contributed by atoms with Gasteiger partial charge < -0.3 is 10.1 Å². The maximum Gasteiger partial charge on any atom is 0.573 e. The lowest BCUT2D eigenvalue weighted by Gasteiger charge is -2.11. The fraction of sp³-hybridized carbons (Fsp3) is 0.625. The van der Waals surface area contributed by atoms with Gasteiger partial charge in [0.15, 0.2) is 0 Å². The summed E-state index contributed by atoms with van der Waals surface area (Å²) in [7, 11) is 0. The lowest BCUT2D eigenvalue weighted by molar-refractivity contribution is -0.274. The van der Waals surface area contributed by atoms with Crippen molar-refractivity contribution in [1.29, 1.82) is 0 Å². The molecule has 0 unspecified atom stereocenters. The Morgan fingerprint density at radius 3 is 2.29 bits per heavy atom. The molecule has 0 saturated heterocycles. The van der Waals surface area contributed by atoms with Gasteiger partial charge in [-0.05, 0) is 41.0 Å². The molecule has 1 saturated carbocycles. The smallest absolute Gasteiger partial charge is 0.406 e. The number of nitrogens with one attached hydrogen (secondary N) is 1. The largest absolute Gasteiger partial charge is 0.573 e. The van der Waals surface area contributed by atoms with E-state index < -0.39 is 6.36 Å². The molecule has 0 atom stereocenters. The third-order valence-electron chi connectivity index (χ3n) is 5.13. The standard InChI is InChI=1S/C16H22F3NO/c1-14(2)13(15(14,3)4)10-20-9-11-6-5-7-12(8-11)21-16(17,18)19/h5-8,13,20H,9-10H2,1-4H3. The number of alkyl halides is 3. The van der Waals surface area contributed by atoms with Crippen LogP contribution in [-0.4, -0.2) is 12.9 Å². The first kappa shape index (κ1) is 16.1. The average Bonchev–Trinajstić information content (AvgIpc) is 2.69. The second-order valence-corrected chi connectivity index (χ2v) is 6.82. The van der Waals surface area contributed by atoms with Crippen molar-refractivity contribution in [3.05, 3.63) is 29.8 Å². The molecule has 2 nitrogen and oxygen atoms in total. The summed E-state index contributed by atoms with van der Waals surface area (Å²) < 4.78 is 40.4. The minimum atomic E-state index is -4.64. The van der Waals surface area contributed by atoms with E-state index in [4.69, 9.17) is 0 Å². The average molecular weight is 301 g/mol. The molecule has 5 heteroatoms. The summed E-state index contributed by atoms with van der Waals surface area (Å²) in [4.78, 5) is 0. The molecule has 118 valence electrons. The molecule has 21 heavy (non-hydrogen) atoms. The third kappa shape index (κ3) is 3.51. The predicted molar refractivity (Wildman–Crippen MR) is 75.9 cm³/mol. The van der Waals surface area contributed by atoms with Crippen molar-refractivity contribution in [2.75, 3.05) is 6.54 Å². The zero-order chi connectivity index (χ0) is 15.9. The number of halogens is 3. The van der Waals surface area contributed by atoms with E-state index in [1.54, 1.807) is 12.1 Å². The minimum absolute atomic E-state index is 0.172. The minimum Gasteiger partial charge on any atom is -0.406 e. The molecule has 1 N–H and O–H groups in total. The highest BCUT2D eigenvalue weighted by Gasteiger charge is 2.63. The van der Waals surface area contributed by atoms with Crippen LogP contribution in [0.2, 0.25) is 0 Å². The molecular weight excluding hydrogens is 279 g/mol. The maximum atomic E-state index is 12.2. The molecule has 0 amide bonds. The highest BCUT2D eigenvalue weighted by atomic mass is 19.4. The predicted octanol–water partition coefficient (Wildman–Crippen LogP) is 4.36. The number of hydrogen-bond acceptors (Lipinski definition) is 2. The van der Waals surface area contributed by atoms with Crippen LogP contribution in [0.15, 0.2) is 24.3 Å². The summed E-state index contributed by atoms with van der Waals surface area (Å²) in [6.07, 6.45) is -4.64. The van der Waals surface area contributed by atoms with Crippen LogP contribution < -0.4 is 10.1 Å². The number of rotatable bonds is 5. The first-order valence-corrected chi connectivity index (χ1v) is 7.09. The second kappa shape index (κ2) is 5.20. The first-order chi connectivity index (χ1) is 9.54. The van der Waals surface area contributed by atoms with E-state index in [1.807, 2.05) is 0 Å². The van der Waals surface area contributed by atoms with Crippen LogP contribution in [0.1, 0.15) is 33.3 Å². The van der Waals surface area contributed by atoms with E-state index in [9.17, 15) is 13.2 Å². The number of ether oxygens (including phenoxy) is 1. The van der Waals surface area contributed by atoms with E-state index in [-0.39, 0.29) is 5.75 Å². The molecule has 2 rings (SSSR count). The van der Waals surface area contributed by atoms with Gasteiger partial charge in [0.25, 0.3) is 0 Å². The van der Waals surface area contributed by atoms with Gasteiger partial charge in [-0.15, -0.1) is 13.2 Å². The van der Waals surface area contributed by atoms with Gasteiger partial charge in [0.2, 0.25) is 0 Å². The molecule has 1 aromatic rings. The first-order valence-electron chi connectivity index (χ1n) is 7.09. The quantitative estimate of drug-likeness (QED) is 0.872. The number of hydrogen-bond donors (Lipinski definition) is 1. The van der Waals surface area contributed by atoms with Crippen molar-refractivity contribution in [2.24, 2.45) is 16.7 Å². The zero-order valence-electron chi connectivity index (χ0n) is 12.8. The Kier molecular flexibility index (Phi) is 4.00. The van der Waals surface area contributed by atoms with E-state index >= 15 is 0 Å². The SMILES string of the molecule is CC1(C)C(CNCc2cccc(OC(F)(F)F)c2)C1(C)C. The van der Waals surface area contributed by atoms with Crippen LogP contribution in [0.25, 0.3) is 0 Å². The highest BCUT2D eigenvalue weighted by Crippen LogP contribution is 2.67. The summed E-state index contributed by atoms with van der Waals surface area (Å²) in [5.41, 5.74) is 1.40. The van der Waals surface area contributed by atoms with E-state index in [0.29, 0.717) is 23.3 Å². The Balaban J connectivity index is 1.86. The van der Waals surface area contributed by atoms with E-state index in [2.05, 4.69) is 37.7 Å². The number of benzene rings is 1. The maximum absolute atomic E-state index is 12.2. The van der Waals surface area contributed by atoms with Crippen molar-refractivity contribution in [2.45, 2.75) is 40.6 Å². The topological polar surface area (TPSA) is 21.3 Å². The Morgan fingerprint density at radius 2 is 1.76 bits per heavy atom. The lowest BCUT2D eigenvalue weighted by Crippen LogP contribution is -2.19. The van der Waals surface area contributed by atoms with Gasteiger partial charge in [0, 0.05) is 6.54 Å². The summed E-state index contributed by atoms with van der Waals surface area (Å²) in [6, 6.07) is 6.09. The molecule has 1 aliphatic carbocycles. The lowest BCUT2D eigenvalue weighted by atomic mass is 10.0. The van der Waals surface area contributed by atoms with Crippen molar-refractivity contribution in [3.8, 4) is 5.75 Å². The molecule has 0 heterocycles. The molecule has 0 aliphatic heterocycles. The third-order valence-corrected chi connectivity index (χ3v) is 5.13. The fourth-order valence-electron chi connectivity index (χ4n) is 3.06. The monoisotopic (exact) mass is 301 g/mol. The summed E-state index contributed by atoms with van der Waals surface area (Å²) in [6.45, 7) is 10.4. The summed E-state index contributed by atoms with van der Waals surface area (Å²) in [5, 5.41) is 3.33. The fourth-order valence-corrected chi connectivity index (χ4v) is 3.06. The van der Waals surface area contributed by atoms with Gasteiger partial charge in [0.1, 0.15) is 5.75 Å². The van der Waals surface area contributed by atoms with Gasteiger partial charge in [-0.25, -0.2) is 0 Å². The van der Waals surface area contributed by atoms with Crippen LogP contribution in [-0.2, 0) is 6.54 Å². The van der Waals surface area contributed by atoms with Gasteiger partial charge >= 0.3 is 6.36 Å². The molecule has 1 aliphatic rings. The van der Waals surface area contributed by atoms with Crippen LogP contribution in [0.3, 0.4) is 0 Å². The van der Waals surface area contributed by atoms with Crippen LogP contribution in [0.4, 0.5) is 13.2 Å². The normalized spacial score (nSPS) is 20.3. The van der Waals surface area contributed by atoms with Crippen molar-refractivity contribution in [3.63, 3.8) is 0 Å². The van der Waals surface area contributed by atoms with E-state index in [0.717, 1.165) is 12.1 Å². The van der Waals surface area contributed by atoms with E-state index in [1.165, 1.54) is 12.1 Å². The summed E-state index contributed by atoms with van der Waals surface area (Å²) >= 11 is 0. The van der Waals surface area contributed by atoms with Gasteiger partial charge in [-0.1, -0.05) is 39.8 Å². The Morgan fingerprint density at radius 1 is 1.14 bits per heavy atom. The van der Waals surface area contributed by atoms with Gasteiger partial charge in [0.05, 0.1) is 0 Å². The molecule has 0 spiro atoms. The molecule has 0 bridgehead atoms. The van der Waals surface area contributed by atoms with Crippen LogP contribution in [0.5, 0.6) is 5.75 Å². The van der Waals surface area contributed by atoms with Crippen molar-refractivity contribution < 1.29 is 17.9 Å². The molecular formula is C16H22F3NO. The Labute approximate surface area is 123 Å². The zero-order valence-corrected chi connectivity index (χ0v) is 12.8. The molecule has 0 aromatic heterocycles. The Bertz CT molecular complexity index is 494. The molecule has 1 fully saturated rings. The van der Waals surface area contributed by atoms with Crippen molar-refractivity contribution in [1.82, 2.24) is 5.32 Å². The van der Waals surface area contributed by atoms with Crippen LogP contribution in [0, 0.1) is 16.7 Å². The highest BCUT2D eigenvalue weighted by molar-refractivity contribution is 5.28. The molecule has 1 aromatic carbocycles. The van der Waals surface area contributed by atoms with Crippen LogP contribution >= 0.6 is 0 Å². The van der Waals surface area contributed by atoms with Gasteiger partial charge in [-0.2, -0.15) is 0 Å². The second-order valence-electron chi connectivity index (χ2n) is 6.82. The van der Waals surface area contributed by atoms with Gasteiger partial charge in [-0.3, -0.25) is 0 Å². The summed E-state index contributed by atoms with van der Waals surface area (Å²) in [5.74, 6) is 0.411. The Hall–Kier alpha value is -1.23. The van der Waals surface area contributed by atoms with Crippen molar-refractivity contribution >= 4 is 0 Å².